The average molecular weight is 590 g/mol. The summed E-state index contributed by atoms with van der Waals surface area (Å²) in [6.07, 6.45) is -9.87. The molecule has 9 N–H and O–H groups in total. The van der Waals surface area contributed by atoms with Crippen LogP contribution in [0.1, 0.15) is 20.1 Å². The summed E-state index contributed by atoms with van der Waals surface area (Å²) >= 11 is 0. The van der Waals surface area contributed by atoms with Crippen LogP contribution in [0.15, 0.2) is 21.9 Å². The van der Waals surface area contributed by atoms with Crippen LogP contribution in [0.2, 0.25) is 0 Å². The van der Waals surface area contributed by atoms with Crippen molar-refractivity contribution in [3.8, 4) is 0 Å². The lowest BCUT2D eigenvalue weighted by molar-refractivity contribution is -0.203. The molecule has 1 aromatic rings. The van der Waals surface area contributed by atoms with E-state index in [4.69, 9.17) is 19.7 Å². The van der Waals surface area contributed by atoms with E-state index in [0.717, 1.165) is 23.8 Å². The number of rotatable bonds is 9. The second-order valence-electron chi connectivity index (χ2n) is 8.49. The Balaban J connectivity index is 1.64. The number of phosphoric ester groups is 2. The number of ether oxygens (including phenoxy) is 2. The number of aliphatic hydroxyl groups is 3. The van der Waals surface area contributed by atoms with Gasteiger partial charge in [-0.15, -0.1) is 0 Å². The third-order valence-corrected chi connectivity index (χ3v) is 8.22. The van der Waals surface area contributed by atoms with Gasteiger partial charge in [-0.25, -0.2) is 13.9 Å². The van der Waals surface area contributed by atoms with Crippen LogP contribution in [0.25, 0.3) is 0 Å². The van der Waals surface area contributed by atoms with Gasteiger partial charge in [-0.3, -0.25) is 28.2 Å². The number of hydrogen-bond donors (Lipinski definition) is 8. The number of phosphoric acid groups is 2. The number of H-pyrrole nitrogens is 1. The highest BCUT2D eigenvalue weighted by Gasteiger charge is 2.49. The van der Waals surface area contributed by atoms with E-state index >= 15 is 0 Å². The molecule has 2 saturated heterocycles. The topological polar surface area (TPSA) is 291 Å². The van der Waals surface area contributed by atoms with Crippen LogP contribution in [0.4, 0.5) is 0 Å². The van der Waals surface area contributed by atoms with Crippen molar-refractivity contribution in [2.24, 2.45) is 5.73 Å². The number of carbonyl (C=O) groups excluding carboxylic acids is 1. The first-order valence-corrected chi connectivity index (χ1v) is 13.9. The van der Waals surface area contributed by atoms with Crippen LogP contribution in [-0.2, 0) is 36.8 Å². The molecular weight excluding hydrogens is 562 g/mol. The van der Waals surface area contributed by atoms with Crippen LogP contribution in [-0.4, -0.2) is 96.1 Å². The molecule has 19 nitrogen and oxygen atoms in total. The lowest BCUT2D eigenvalue weighted by atomic mass is 9.96. The molecular formula is C17H28N4O15P2. The summed E-state index contributed by atoms with van der Waals surface area (Å²) in [6, 6.07) is -1.54. The highest BCUT2D eigenvalue weighted by atomic mass is 31.3. The third-order valence-electron chi connectivity index (χ3n) is 5.62. The average Bonchev–Trinajstić information content (AvgIpc) is 3.06. The van der Waals surface area contributed by atoms with Gasteiger partial charge in [0.15, 0.2) is 12.5 Å². The van der Waals surface area contributed by atoms with Gasteiger partial charge in [-0.05, 0) is 6.92 Å². The Labute approximate surface area is 213 Å². The van der Waals surface area contributed by atoms with E-state index in [-0.39, 0.29) is 0 Å². The van der Waals surface area contributed by atoms with Crippen molar-refractivity contribution in [3.63, 3.8) is 0 Å². The van der Waals surface area contributed by atoms with E-state index in [1.165, 1.54) is 6.92 Å². The fraction of sp³-hybridized carbons (Fsp3) is 0.706. The number of nitrogens with zero attached hydrogens (tertiary/aromatic N) is 1. The highest BCUT2D eigenvalue weighted by Crippen LogP contribution is 2.61. The van der Waals surface area contributed by atoms with Gasteiger partial charge in [0.1, 0.15) is 24.4 Å². The molecule has 0 spiro atoms. The molecule has 0 bridgehead atoms. The first-order valence-electron chi connectivity index (χ1n) is 10.9. The Morgan fingerprint density at radius 3 is 2.42 bits per heavy atom. The molecule has 0 saturated carbocycles. The number of nitrogens with two attached hydrogens (primary N) is 1. The van der Waals surface area contributed by atoms with Crippen LogP contribution in [0.3, 0.4) is 0 Å². The van der Waals surface area contributed by atoms with Gasteiger partial charge in [0, 0.05) is 19.2 Å². The predicted octanol–water partition coefficient (Wildman–Crippen LogP) is -3.66. The number of aromatic nitrogens is 2. The SMILES string of the molecule is CC(=O)N[C@H]1[C@@H](OP(=O)(O)OP(=O)(O)OC[C@H]2O[C@@H](n3ccc(=O)[nH]c3=O)[C@H](O)[C@@H]2O)O[C@@H](C)[C@@H](N)[C@@H]1O. The summed E-state index contributed by atoms with van der Waals surface area (Å²) in [6.45, 7) is 1.49. The van der Waals surface area contributed by atoms with Crippen molar-refractivity contribution in [2.45, 2.75) is 69.0 Å². The predicted molar refractivity (Wildman–Crippen MR) is 121 cm³/mol. The summed E-state index contributed by atoms with van der Waals surface area (Å²) in [7, 11) is -10.9. The highest BCUT2D eigenvalue weighted by molar-refractivity contribution is 7.61. The van der Waals surface area contributed by atoms with Crippen molar-refractivity contribution in [1.29, 1.82) is 0 Å². The molecule has 0 radical (unpaired) electrons. The van der Waals surface area contributed by atoms with E-state index in [1.54, 1.807) is 0 Å². The van der Waals surface area contributed by atoms with Gasteiger partial charge in [0.2, 0.25) is 5.91 Å². The molecule has 0 aromatic carbocycles. The Morgan fingerprint density at radius 1 is 1.16 bits per heavy atom. The third kappa shape index (κ3) is 7.22. The Bertz CT molecular complexity index is 1220. The maximum Gasteiger partial charge on any atom is 0.483 e. The summed E-state index contributed by atoms with van der Waals surface area (Å²) in [5.74, 6) is -0.683. The van der Waals surface area contributed by atoms with E-state index in [2.05, 4.69) is 14.2 Å². The first kappa shape index (κ1) is 30.7. The lowest BCUT2D eigenvalue weighted by Gasteiger charge is -2.42. The number of aliphatic hydroxyl groups excluding tert-OH is 3. The fourth-order valence-electron chi connectivity index (χ4n) is 3.74. The number of amides is 1. The molecule has 1 aromatic heterocycles. The fourth-order valence-corrected chi connectivity index (χ4v) is 5.90. The minimum Gasteiger partial charge on any atom is -0.389 e. The van der Waals surface area contributed by atoms with Crippen LogP contribution < -0.4 is 22.3 Å². The zero-order valence-corrected chi connectivity index (χ0v) is 21.6. The molecule has 216 valence electrons. The monoisotopic (exact) mass is 590 g/mol. The van der Waals surface area contributed by atoms with E-state index in [0.29, 0.717) is 0 Å². The molecule has 2 fully saturated rings. The zero-order valence-electron chi connectivity index (χ0n) is 19.8. The molecule has 11 atom stereocenters. The Morgan fingerprint density at radius 2 is 1.82 bits per heavy atom. The molecule has 3 rings (SSSR count). The van der Waals surface area contributed by atoms with Gasteiger partial charge in [0.25, 0.3) is 5.56 Å². The number of carbonyl (C=O) groups is 1. The van der Waals surface area contributed by atoms with Crippen molar-refractivity contribution in [2.75, 3.05) is 6.61 Å². The lowest BCUT2D eigenvalue weighted by Crippen LogP contribution is -2.65. The molecule has 2 aliphatic rings. The van der Waals surface area contributed by atoms with Gasteiger partial charge in [-0.1, -0.05) is 0 Å². The maximum atomic E-state index is 12.4. The second kappa shape index (κ2) is 11.7. The summed E-state index contributed by atoms with van der Waals surface area (Å²) in [4.78, 5) is 56.5. The van der Waals surface area contributed by atoms with Crippen LogP contribution in [0.5, 0.6) is 0 Å². The normalized spacial score (nSPS) is 36.8. The minimum atomic E-state index is -5.49. The van der Waals surface area contributed by atoms with E-state index in [9.17, 15) is 48.6 Å². The van der Waals surface area contributed by atoms with Crippen LogP contribution in [0, 0.1) is 0 Å². The number of nitrogens with one attached hydrogen (secondary N) is 2. The first-order chi connectivity index (χ1) is 17.5. The molecule has 38 heavy (non-hydrogen) atoms. The summed E-state index contributed by atoms with van der Waals surface area (Å²) in [5, 5.41) is 32.9. The smallest absolute Gasteiger partial charge is 0.389 e. The number of hydrogen-bond acceptors (Lipinski definition) is 14. The maximum absolute atomic E-state index is 12.4. The largest absolute Gasteiger partial charge is 0.483 e. The van der Waals surface area contributed by atoms with Crippen molar-refractivity contribution < 1.29 is 61.9 Å². The van der Waals surface area contributed by atoms with Crippen LogP contribution >= 0.6 is 15.6 Å². The van der Waals surface area contributed by atoms with Gasteiger partial charge < -0.3 is 45.6 Å². The van der Waals surface area contributed by atoms with Gasteiger partial charge in [-0.2, -0.15) is 4.31 Å². The zero-order chi connectivity index (χ0) is 28.6. The molecule has 21 heteroatoms. The van der Waals surface area contributed by atoms with Crippen molar-refractivity contribution >= 4 is 21.6 Å². The second-order valence-corrected chi connectivity index (χ2v) is 11.5. The molecule has 2 aliphatic heterocycles. The molecule has 2 unspecified atom stereocenters. The Hall–Kier alpha value is -1.83. The van der Waals surface area contributed by atoms with Crippen molar-refractivity contribution in [1.82, 2.24) is 14.9 Å². The summed E-state index contributed by atoms with van der Waals surface area (Å²) < 4.78 is 49.7. The standard InChI is InChI=1S/C17H28N4O15P2/c1-6-10(18)13(25)11(19-7(2)22)16(33-6)35-38(30,31)36-37(28,29)32-5-8-12(24)14(26)15(34-8)21-4-3-9(23)20-17(21)27/h3-4,6,8,10-16,24-26H,5,18H2,1-2H3,(H,19,22)(H,28,29)(H,30,31)(H,20,23,27)/t6-,8+,10+,11+,12+,13-,14+,15+,16+/m0/s1. The molecule has 3 heterocycles. The van der Waals surface area contributed by atoms with Gasteiger partial charge in [0.05, 0.1) is 24.9 Å². The van der Waals surface area contributed by atoms with E-state index in [1.807, 2.05) is 4.98 Å². The van der Waals surface area contributed by atoms with Crippen molar-refractivity contribution in [3.05, 3.63) is 33.1 Å². The quantitative estimate of drug-likeness (QED) is 0.129. The summed E-state index contributed by atoms with van der Waals surface area (Å²) in [5.41, 5.74) is 4.05. The number of aromatic amines is 1. The molecule has 0 aliphatic carbocycles. The molecule has 1 amide bonds. The Kier molecular flexibility index (Phi) is 9.48. The van der Waals surface area contributed by atoms with E-state index < -0.39 is 94.5 Å². The van der Waals surface area contributed by atoms with Gasteiger partial charge >= 0.3 is 21.3 Å². The minimum absolute atomic E-state index is 0.683.